The number of hydrogen-bond donors (Lipinski definition) is 5. The first-order chi connectivity index (χ1) is 25.6. The summed E-state index contributed by atoms with van der Waals surface area (Å²) >= 11 is 0. The second-order valence-corrected chi connectivity index (χ2v) is 17.6. The van der Waals surface area contributed by atoms with Gasteiger partial charge in [-0.15, -0.1) is 0 Å². The van der Waals surface area contributed by atoms with Gasteiger partial charge in [-0.25, -0.2) is 4.79 Å². The molecule has 0 aliphatic carbocycles. The number of fused-ring (bicyclic) bond motifs is 2. The van der Waals surface area contributed by atoms with E-state index in [0.29, 0.717) is 32.1 Å². The topological polar surface area (TPSA) is 180 Å². The van der Waals surface area contributed by atoms with Crippen LogP contribution in [0, 0.1) is 47.3 Å². The van der Waals surface area contributed by atoms with Gasteiger partial charge in [-0.05, 0) is 70.1 Å². The minimum Gasteiger partial charge on any atom is -0.459 e. The largest absolute Gasteiger partial charge is 0.459 e. The molecular formula is C44H72O11. The van der Waals surface area contributed by atoms with E-state index in [1.807, 2.05) is 25.2 Å². The van der Waals surface area contributed by atoms with Gasteiger partial charge in [0.05, 0.1) is 36.6 Å². The van der Waals surface area contributed by atoms with Crippen molar-refractivity contribution in [1.82, 2.24) is 0 Å². The third-order valence-electron chi connectivity index (χ3n) is 12.9. The lowest BCUT2D eigenvalue weighted by Gasteiger charge is -2.52. The maximum absolute atomic E-state index is 13.5. The van der Waals surface area contributed by atoms with Crippen LogP contribution in [0.25, 0.3) is 0 Å². The first kappa shape index (κ1) is 47.1. The van der Waals surface area contributed by atoms with Crippen LogP contribution in [0.5, 0.6) is 0 Å². The Hall–Kier alpha value is -2.25. The molecule has 2 saturated heterocycles. The van der Waals surface area contributed by atoms with Gasteiger partial charge >= 0.3 is 5.97 Å². The molecule has 0 aromatic heterocycles. The van der Waals surface area contributed by atoms with Crippen molar-refractivity contribution in [2.45, 2.75) is 175 Å². The molecule has 11 nitrogen and oxygen atoms in total. The van der Waals surface area contributed by atoms with E-state index in [0.717, 1.165) is 19.3 Å². The number of carbonyl (C=O) groups is 3. The zero-order valence-electron chi connectivity index (χ0n) is 35.0. The molecule has 3 rings (SSSR count). The lowest BCUT2D eigenvalue weighted by molar-refractivity contribution is -0.347. The Kier molecular flexibility index (Phi) is 17.5. The van der Waals surface area contributed by atoms with Crippen molar-refractivity contribution in [3.63, 3.8) is 0 Å². The Bertz CT molecular complexity index is 1350. The van der Waals surface area contributed by atoms with Gasteiger partial charge in [0.2, 0.25) is 0 Å². The predicted molar refractivity (Wildman–Crippen MR) is 210 cm³/mol. The molecule has 55 heavy (non-hydrogen) atoms. The van der Waals surface area contributed by atoms with E-state index < -0.39 is 89.0 Å². The van der Waals surface area contributed by atoms with Crippen molar-refractivity contribution >= 4 is 17.5 Å². The Labute approximate surface area is 329 Å². The van der Waals surface area contributed by atoms with Gasteiger partial charge in [-0.3, -0.25) is 9.59 Å². The highest BCUT2D eigenvalue weighted by Crippen LogP contribution is 2.46. The molecular weight excluding hydrogens is 704 g/mol. The van der Waals surface area contributed by atoms with Crippen molar-refractivity contribution in [1.29, 1.82) is 0 Å². The van der Waals surface area contributed by atoms with Crippen molar-refractivity contribution in [2.75, 3.05) is 0 Å². The molecule has 314 valence electrons. The quantitative estimate of drug-likeness (QED) is 0.224. The van der Waals surface area contributed by atoms with Crippen LogP contribution in [0.2, 0.25) is 0 Å². The van der Waals surface area contributed by atoms with Crippen LogP contribution in [0.15, 0.2) is 36.5 Å². The molecule has 0 aromatic rings. The molecule has 0 amide bonds. The van der Waals surface area contributed by atoms with Gasteiger partial charge in [0.15, 0.2) is 11.6 Å². The summed E-state index contributed by atoms with van der Waals surface area (Å²) in [5.74, 6) is -6.86. The number of aliphatic hydroxyl groups excluding tert-OH is 4. The first-order valence-corrected chi connectivity index (χ1v) is 20.8. The number of esters is 1. The third-order valence-corrected chi connectivity index (χ3v) is 12.9. The van der Waals surface area contributed by atoms with E-state index >= 15 is 0 Å². The van der Waals surface area contributed by atoms with E-state index in [1.165, 1.54) is 39.8 Å². The maximum Gasteiger partial charge on any atom is 0.330 e. The molecule has 3 aliphatic heterocycles. The Balaban J connectivity index is 1.95. The summed E-state index contributed by atoms with van der Waals surface area (Å²) in [4.78, 5) is 40.3. The predicted octanol–water partition coefficient (Wildman–Crippen LogP) is 5.64. The van der Waals surface area contributed by atoms with Crippen molar-refractivity contribution < 1.29 is 54.1 Å². The summed E-state index contributed by atoms with van der Waals surface area (Å²) in [5, 5.41) is 54.9. The molecule has 0 aromatic carbocycles. The van der Waals surface area contributed by atoms with Gasteiger partial charge < -0.3 is 39.7 Å². The smallest absolute Gasteiger partial charge is 0.330 e. The van der Waals surface area contributed by atoms with Crippen LogP contribution >= 0.6 is 0 Å². The summed E-state index contributed by atoms with van der Waals surface area (Å²) in [7, 11) is 0. The van der Waals surface area contributed by atoms with Gasteiger partial charge in [0.1, 0.15) is 17.5 Å². The van der Waals surface area contributed by atoms with Crippen LogP contribution in [0.4, 0.5) is 0 Å². The molecule has 0 saturated carbocycles. The minimum absolute atomic E-state index is 0.144. The SMILES string of the molecule is CC[C@@H]1C=CC=CC[C@H](C)[C@@H](O)[C@](C)(O)C(=O)[C@H](C)[C@@H](O)[C@H](C)C(=O)[C@H](C)[C@@H](O)[C@H](C)C=CC(=O)O[C@@H]2CC3(CC[C@@H](C)[C@@H](C[C@H](C)O)O3)O[C@H](CC1)[C@@H]2C. The number of rotatable bonds is 3. The monoisotopic (exact) mass is 777 g/mol. The molecule has 3 aliphatic rings. The number of hydrogen-bond acceptors (Lipinski definition) is 11. The average molecular weight is 777 g/mol. The number of aliphatic hydroxyl groups is 5. The van der Waals surface area contributed by atoms with E-state index in [2.05, 4.69) is 19.9 Å². The normalized spacial score (nSPS) is 44.3. The average Bonchev–Trinajstić information content (AvgIpc) is 3.14. The highest BCUT2D eigenvalue weighted by molar-refractivity contribution is 5.91. The van der Waals surface area contributed by atoms with Crippen molar-refractivity contribution in [3.05, 3.63) is 36.5 Å². The summed E-state index contributed by atoms with van der Waals surface area (Å²) < 4.78 is 19.7. The number of Topliss-reactive ketones (excluding diaryl/α,β-unsaturated/α-hetero) is 2. The second kappa shape index (κ2) is 20.4. The summed E-state index contributed by atoms with van der Waals surface area (Å²) in [6, 6.07) is 0. The molecule has 17 atom stereocenters. The number of ketones is 2. The number of carbonyl (C=O) groups excluding carboxylic acids is 3. The molecule has 3 heterocycles. The van der Waals surface area contributed by atoms with Crippen molar-refractivity contribution in [3.8, 4) is 0 Å². The highest BCUT2D eigenvalue weighted by atomic mass is 16.7. The summed E-state index contributed by atoms with van der Waals surface area (Å²) in [6.45, 7) is 17.1. The number of allylic oxidation sites excluding steroid dienone is 4. The molecule has 1 unspecified atom stereocenters. The summed E-state index contributed by atoms with van der Waals surface area (Å²) in [6.07, 6.45) is 10.1. The molecule has 2 bridgehead atoms. The van der Waals surface area contributed by atoms with Gasteiger partial charge in [0.25, 0.3) is 0 Å². The van der Waals surface area contributed by atoms with E-state index in [9.17, 15) is 39.9 Å². The minimum atomic E-state index is -2.18. The molecule has 0 radical (unpaired) electrons. The summed E-state index contributed by atoms with van der Waals surface area (Å²) in [5.41, 5.74) is -2.18. The molecule has 11 heteroatoms. The van der Waals surface area contributed by atoms with E-state index in [4.69, 9.17) is 14.2 Å². The lowest BCUT2D eigenvalue weighted by Crippen LogP contribution is -2.57. The zero-order chi connectivity index (χ0) is 41.4. The molecule has 1 spiro atoms. The fourth-order valence-corrected chi connectivity index (χ4v) is 8.60. The Morgan fingerprint density at radius 2 is 1.49 bits per heavy atom. The van der Waals surface area contributed by atoms with Gasteiger partial charge in [-0.2, -0.15) is 0 Å². The fraction of sp³-hybridized carbons (Fsp3) is 0.795. The third kappa shape index (κ3) is 12.1. The Morgan fingerprint density at radius 3 is 2.13 bits per heavy atom. The fourth-order valence-electron chi connectivity index (χ4n) is 8.60. The van der Waals surface area contributed by atoms with Gasteiger partial charge in [0, 0.05) is 48.5 Å². The van der Waals surface area contributed by atoms with Crippen LogP contribution in [0.3, 0.4) is 0 Å². The molecule has 5 N–H and O–H groups in total. The standard InChI is InChI=1S/C44H72O11/c1-11-33-16-14-12-13-15-27(4)41(50)43(10,52)42(51)32(9)40(49)31(8)39(48)30(7)38(47)26(3)17-20-37(46)53-36-24-44(54-34(19-18-33)29(36)6)22-21-25(2)35(55-44)23-28(5)45/h12-14,16-17,20,25-36,38,40-41,45,47,49-50,52H,11,15,18-19,21-24H2,1-10H3/t25-,26-,27+,28+,29+,30-,31-,32-,33-,34-,35-,36-,38+,40+,41-,43+,44?/m1/s1. The zero-order valence-corrected chi connectivity index (χ0v) is 35.0. The first-order valence-electron chi connectivity index (χ1n) is 20.8. The van der Waals surface area contributed by atoms with E-state index in [-0.39, 0.29) is 30.0 Å². The van der Waals surface area contributed by atoms with E-state index in [1.54, 1.807) is 20.8 Å². The number of ether oxygens (including phenoxy) is 3. The van der Waals surface area contributed by atoms with Crippen LogP contribution in [-0.2, 0) is 28.6 Å². The highest BCUT2D eigenvalue weighted by Gasteiger charge is 2.51. The lowest BCUT2D eigenvalue weighted by atomic mass is 9.75. The van der Waals surface area contributed by atoms with Crippen molar-refractivity contribution in [2.24, 2.45) is 47.3 Å². The van der Waals surface area contributed by atoms with Crippen LogP contribution < -0.4 is 0 Å². The van der Waals surface area contributed by atoms with Gasteiger partial charge in [-0.1, -0.05) is 85.8 Å². The maximum atomic E-state index is 13.5. The molecule has 2 fully saturated rings. The second-order valence-electron chi connectivity index (χ2n) is 17.6. The van der Waals surface area contributed by atoms with Crippen LogP contribution in [0.1, 0.15) is 121 Å². The Morgan fingerprint density at radius 1 is 0.836 bits per heavy atom. The van der Waals surface area contributed by atoms with Crippen LogP contribution in [-0.4, -0.2) is 97.2 Å².